The van der Waals surface area contributed by atoms with Crippen LogP contribution in [0.3, 0.4) is 0 Å². The van der Waals surface area contributed by atoms with Crippen LogP contribution in [0.4, 0.5) is 18.9 Å². The number of rotatable bonds is 6. The van der Waals surface area contributed by atoms with Crippen molar-refractivity contribution in [1.82, 2.24) is 9.97 Å². The van der Waals surface area contributed by atoms with Gasteiger partial charge in [-0.1, -0.05) is 37.2 Å². The SMILES string of the molecule is CCc1cc(=O)[nH]c(SC(CC)C(=O)Nc2cc(C(F)(F)F)ccc2Cl)n1. The molecule has 0 aliphatic carbocycles. The summed E-state index contributed by atoms with van der Waals surface area (Å²) in [4.78, 5) is 30.9. The highest BCUT2D eigenvalue weighted by atomic mass is 35.5. The minimum absolute atomic E-state index is 0.00397. The zero-order valence-corrected chi connectivity index (χ0v) is 16.1. The molecule has 0 fully saturated rings. The van der Waals surface area contributed by atoms with Gasteiger partial charge in [-0.25, -0.2) is 4.98 Å². The van der Waals surface area contributed by atoms with Crippen molar-refractivity contribution in [3.63, 3.8) is 0 Å². The topological polar surface area (TPSA) is 74.8 Å². The third kappa shape index (κ3) is 5.74. The minimum atomic E-state index is -4.55. The van der Waals surface area contributed by atoms with Crippen LogP contribution in [0.2, 0.25) is 5.02 Å². The number of carbonyl (C=O) groups excluding carboxylic acids is 1. The van der Waals surface area contributed by atoms with E-state index in [0.29, 0.717) is 18.5 Å². The molecule has 146 valence electrons. The summed E-state index contributed by atoms with van der Waals surface area (Å²) < 4.78 is 38.6. The van der Waals surface area contributed by atoms with Crippen molar-refractivity contribution >= 4 is 35.0 Å². The fourth-order valence-electron chi connectivity index (χ4n) is 2.19. The Kier molecular flexibility index (Phi) is 6.94. The molecule has 1 unspecified atom stereocenters. The van der Waals surface area contributed by atoms with Gasteiger partial charge < -0.3 is 10.3 Å². The predicted octanol–water partition coefficient (Wildman–Crippen LogP) is 4.51. The van der Waals surface area contributed by atoms with Gasteiger partial charge in [0.05, 0.1) is 21.5 Å². The van der Waals surface area contributed by atoms with Crippen LogP contribution in [-0.2, 0) is 17.4 Å². The van der Waals surface area contributed by atoms with Crippen LogP contribution in [0.5, 0.6) is 0 Å². The number of carbonyl (C=O) groups is 1. The van der Waals surface area contributed by atoms with Gasteiger partial charge in [0.1, 0.15) is 0 Å². The summed E-state index contributed by atoms with van der Waals surface area (Å²) in [5.74, 6) is -0.534. The molecule has 2 N–H and O–H groups in total. The van der Waals surface area contributed by atoms with Gasteiger partial charge in [0, 0.05) is 11.8 Å². The van der Waals surface area contributed by atoms with E-state index in [1.165, 1.54) is 6.07 Å². The summed E-state index contributed by atoms with van der Waals surface area (Å²) >= 11 is 6.94. The fourth-order valence-corrected chi connectivity index (χ4v) is 3.28. The Morgan fingerprint density at radius 1 is 1.33 bits per heavy atom. The third-order valence-corrected chi connectivity index (χ3v) is 5.18. The highest BCUT2D eigenvalue weighted by Gasteiger charge is 2.31. The monoisotopic (exact) mass is 419 g/mol. The summed E-state index contributed by atoms with van der Waals surface area (Å²) in [5.41, 5.74) is -0.790. The van der Waals surface area contributed by atoms with E-state index in [9.17, 15) is 22.8 Å². The number of hydrogen-bond acceptors (Lipinski definition) is 4. The summed E-state index contributed by atoms with van der Waals surface area (Å²) in [6, 6.07) is 4.08. The van der Waals surface area contributed by atoms with Crippen LogP contribution in [0, 0.1) is 0 Å². The largest absolute Gasteiger partial charge is 0.416 e. The number of amides is 1. The molecule has 0 saturated carbocycles. The lowest BCUT2D eigenvalue weighted by molar-refractivity contribution is -0.137. The first kappa shape index (κ1) is 21.3. The Morgan fingerprint density at radius 3 is 2.63 bits per heavy atom. The second kappa shape index (κ2) is 8.79. The zero-order valence-electron chi connectivity index (χ0n) is 14.5. The van der Waals surface area contributed by atoms with Crippen LogP contribution < -0.4 is 10.9 Å². The molecule has 0 aliphatic rings. The number of halogens is 4. The molecular formula is C17H17ClF3N3O2S. The van der Waals surface area contributed by atoms with Crippen molar-refractivity contribution in [2.24, 2.45) is 0 Å². The molecule has 27 heavy (non-hydrogen) atoms. The van der Waals surface area contributed by atoms with E-state index in [-0.39, 0.29) is 21.4 Å². The van der Waals surface area contributed by atoms with Crippen molar-refractivity contribution in [1.29, 1.82) is 0 Å². The number of alkyl halides is 3. The highest BCUT2D eigenvalue weighted by Crippen LogP contribution is 2.34. The standard InChI is InChI=1S/C17H17ClF3N3O2S/c1-3-10-8-14(25)24-16(22-10)27-13(4-2)15(26)23-12-7-9(17(19,20)21)5-6-11(12)18/h5-8,13H,3-4H2,1-2H3,(H,23,26)(H,22,24,25). The van der Waals surface area contributed by atoms with E-state index >= 15 is 0 Å². The Hall–Kier alpha value is -2.00. The van der Waals surface area contributed by atoms with Crippen molar-refractivity contribution in [2.75, 3.05) is 5.32 Å². The summed E-state index contributed by atoms with van der Waals surface area (Å²) in [6.07, 6.45) is -3.62. The van der Waals surface area contributed by atoms with Crippen LogP contribution in [0.1, 0.15) is 31.5 Å². The molecule has 0 aliphatic heterocycles. The average Bonchev–Trinajstić information content (AvgIpc) is 2.59. The van der Waals surface area contributed by atoms with E-state index in [0.717, 1.165) is 30.0 Å². The molecule has 1 aromatic heterocycles. The number of aromatic nitrogens is 2. The number of H-pyrrole nitrogens is 1. The quantitative estimate of drug-likeness (QED) is 0.533. The molecule has 1 aromatic carbocycles. The number of aryl methyl sites for hydroxylation is 1. The first-order valence-corrected chi connectivity index (χ1v) is 9.34. The molecule has 5 nitrogen and oxygen atoms in total. The molecule has 0 spiro atoms. The van der Waals surface area contributed by atoms with E-state index in [1.54, 1.807) is 6.92 Å². The van der Waals surface area contributed by atoms with E-state index in [1.807, 2.05) is 6.92 Å². The Balaban J connectivity index is 2.21. The molecular weight excluding hydrogens is 403 g/mol. The van der Waals surface area contributed by atoms with Crippen LogP contribution in [-0.4, -0.2) is 21.1 Å². The van der Waals surface area contributed by atoms with Crippen molar-refractivity contribution < 1.29 is 18.0 Å². The van der Waals surface area contributed by atoms with Gasteiger partial charge in [-0.3, -0.25) is 9.59 Å². The number of benzene rings is 1. The van der Waals surface area contributed by atoms with Gasteiger partial charge in [0.2, 0.25) is 5.91 Å². The Morgan fingerprint density at radius 2 is 2.04 bits per heavy atom. The van der Waals surface area contributed by atoms with Crippen molar-refractivity contribution in [3.8, 4) is 0 Å². The van der Waals surface area contributed by atoms with Gasteiger partial charge in [-0.05, 0) is 31.0 Å². The van der Waals surface area contributed by atoms with E-state index in [2.05, 4.69) is 15.3 Å². The highest BCUT2D eigenvalue weighted by molar-refractivity contribution is 8.00. The van der Waals surface area contributed by atoms with E-state index in [4.69, 9.17) is 11.6 Å². The maximum atomic E-state index is 12.9. The maximum absolute atomic E-state index is 12.9. The maximum Gasteiger partial charge on any atom is 0.416 e. The minimum Gasteiger partial charge on any atom is -0.324 e. The zero-order chi connectivity index (χ0) is 20.2. The number of hydrogen-bond donors (Lipinski definition) is 2. The van der Waals surface area contributed by atoms with Gasteiger partial charge in [-0.15, -0.1) is 0 Å². The molecule has 0 bridgehead atoms. The molecule has 1 atom stereocenters. The molecule has 2 aromatic rings. The van der Waals surface area contributed by atoms with Gasteiger partial charge >= 0.3 is 6.18 Å². The fraction of sp³-hybridized carbons (Fsp3) is 0.353. The number of anilines is 1. The first-order chi connectivity index (χ1) is 12.6. The summed E-state index contributed by atoms with van der Waals surface area (Å²) in [7, 11) is 0. The van der Waals surface area contributed by atoms with Gasteiger partial charge in [-0.2, -0.15) is 13.2 Å². The lowest BCUT2D eigenvalue weighted by Crippen LogP contribution is -2.25. The number of nitrogens with zero attached hydrogens (tertiary/aromatic N) is 1. The average molecular weight is 420 g/mol. The summed E-state index contributed by atoms with van der Waals surface area (Å²) in [5, 5.41) is 2.02. The van der Waals surface area contributed by atoms with Gasteiger partial charge in [0.15, 0.2) is 5.16 Å². The Labute approximate surface area is 162 Å². The van der Waals surface area contributed by atoms with Crippen LogP contribution >= 0.6 is 23.4 Å². The molecule has 10 heteroatoms. The summed E-state index contributed by atoms with van der Waals surface area (Å²) in [6.45, 7) is 3.59. The van der Waals surface area contributed by atoms with Crippen molar-refractivity contribution in [3.05, 3.63) is 50.9 Å². The molecule has 0 saturated heterocycles. The van der Waals surface area contributed by atoms with Gasteiger partial charge in [0.25, 0.3) is 5.56 Å². The molecule has 2 rings (SSSR count). The lowest BCUT2D eigenvalue weighted by Gasteiger charge is -2.16. The molecule has 1 amide bonds. The number of thioether (sulfide) groups is 1. The smallest absolute Gasteiger partial charge is 0.324 e. The number of aromatic amines is 1. The molecule has 0 radical (unpaired) electrons. The van der Waals surface area contributed by atoms with Crippen LogP contribution in [0.25, 0.3) is 0 Å². The predicted molar refractivity (Wildman–Crippen MR) is 99.3 cm³/mol. The number of nitrogens with one attached hydrogen (secondary N) is 2. The second-order valence-electron chi connectivity index (χ2n) is 5.59. The Bertz CT molecular complexity index is 886. The third-order valence-electron chi connectivity index (χ3n) is 3.60. The first-order valence-electron chi connectivity index (χ1n) is 8.08. The normalized spacial score (nSPS) is 12.7. The molecule has 1 heterocycles. The lowest BCUT2D eigenvalue weighted by atomic mass is 10.2. The van der Waals surface area contributed by atoms with E-state index < -0.39 is 22.9 Å². The van der Waals surface area contributed by atoms with Crippen LogP contribution in [0.15, 0.2) is 34.2 Å². The second-order valence-corrected chi connectivity index (χ2v) is 7.19. The van der Waals surface area contributed by atoms with Crippen molar-refractivity contribution in [2.45, 2.75) is 43.3 Å².